The molecule has 1 aliphatic rings. The Balaban J connectivity index is 2.28. The van der Waals surface area contributed by atoms with Crippen LogP contribution < -0.4 is 0 Å². The Hall–Kier alpha value is -0.370. The van der Waals surface area contributed by atoms with Crippen molar-refractivity contribution >= 4 is 33.2 Å². The summed E-state index contributed by atoms with van der Waals surface area (Å²) in [5.41, 5.74) is 0.697. The summed E-state index contributed by atoms with van der Waals surface area (Å²) >= 11 is 11.8. The number of sulfonamides is 1. The number of rotatable bonds is 5. The molecule has 8 heteroatoms. The summed E-state index contributed by atoms with van der Waals surface area (Å²) < 4.78 is 37.1. The molecular formula is C13H17Cl2NO4S. The van der Waals surface area contributed by atoms with Gasteiger partial charge in [-0.1, -0.05) is 17.7 Å². The van der Waals surface area contributed by atoms with Crippen LogP contribution in [0.25, 0.3) is 0 Å². The molecule has 1 aromatic rings. The van der Waals surface area contributed by atoms with Gasteiger partial charge in [-0.15, -0.1) is 11.6 Å². The molecule has 1 fully saturated rings. The van der Waals surface area contributed by atoms with Crippen LogP contribution in [0.5, 0.6) is 0 Å². The Morgan fingerprint density at radius 1 is 1.24 bits per heavy atom. The smallest absolute Gasteiger partial charge is 0.243 e. The van der Waals surface area contributed by atoms with E-state index in [-0.39, 0.29) is 36.1 Å². The summed E-state index contributed by atoms with van der Waals surface area (Å²) in [5, 5.41) is 0.344. The number of benzene rings is 1. The van der Waals surface area contributed by atoms with Crippen LogP contribution in [0.4, 0.5) is 0 Å². The lowest BCUT2D eigenvalue weighted by atomic mass is 10.2. The Morgan fingerprint density at radius 3 is 2.24 bits per heavy atom. The number of hydrogen-bond acceptors (Lipinski definition) is 4. The minimum atomic E-state index is -3.63. The molecule has 118 valence electrons. The van der Waals surface area contributed by atoms with Crippen molar-refractivity contribution in [2.75, 3.05) is 27.3 Å². The number of methoxy groups -OCH3 is 2. The first-order chi connectivity index (χ1) is 9.93. The molecular weight excluding hydrogens is 337 g/mol. The minimum absolute atomic E-state index is 0.146. The number of halogens is 2. The summed E-state index contributed by atoms with van der Waals surface area (Å²) in [7, 11) is -0.545. The highest BCUT2D eigenvalue weighted by Crippen LogP contribution is 2.27. The molecule has 1 aromatic carbocycles. The summed E-state index contributed by atoms with van der Waals surface area (Å²) in [6, 6.07) is 4.57. The molecule has 0 N–H and O–H groups in total. The molecule has 1 heterocycles. The molecule has 0 aliphatic carbocycles. The number of ether oxygens (including phenoxy) is 2. The molecule has 1 saturated heterocycles. The fourth-order valence-corrected chi connectivity index (χ4v) is 4.41. The molecule has 2 atom stereocenters. The van der Waals surface area contributed by atoms with E-state index in [1.807, 2.05) is 0 Å². The fraction of sp³-hybridized carbons (Fsp3) is 0.538. The van der Waals surface area contributed by atoms with E-state index in [1.165, 1.54) is 16.4 Å². The van der Waals surface area contributed by atoms with Gasteiger partial charge in [-0.2, -0.15) is 4.31 Å². The van der Waals surface area contributed by atoms with Crippen molar-refractivity contribution < 1.29 is 17.9 Å². The molecule has 21 heavy (non-hydrogen) atoms. The largest absolute Gasteiger partial charge is 0.377 e. The van der Waals surface area contributed by atoms with Crippen molar-refractivity contribution in [3.8, 4) is 0 Å². The minimum Gasteiger partial charge on any atom is -0.377 e. The first kappa shape index (κ1) is 17.0. The van der Waals surface area contributed by atoms with Crippen LogP contribution in [0.3, 0.4) is 0 Å². The fourth-order valence-electron chi connectivity index (χ4n) is 2.31. The normalized spacial score (nSPS) is 23.6. The molecule has 0 bridgehead atoms. The monoisotopic (exact) mass is 353 g/mol. The van der Waals surface area contributed by atoms with Gasteiger partial charge in [-0.3, -0.25) is 0 Å². The van der Waals surface area contributed by atoms with E-state index in [0.717, 1.165) is 0 Å². The van der Waals surface area contributed by atoms with E-state index in [4.69, 9.17) is 32.7 Å². The Bertz CT molecular complexity index is 596. The van der Waals surface area contributed by atoms with Gasteiger partial charge in [-0.05, 0) is 17.7 Å². The summed E-state index contributed by atoms with van der Waals surface area (Å²) in [6.07, 6.45) is -0.551. The lowest BCUT2D eigenvalue weighted by Crippen LogP contribution is -2.30. The molecule has 2 unspecified atom stereocenters. The maximum absolute atomic E-state index is 12.6. The summed E-state index contributed by atoms with van der Waals surface area (Å²) in [5.74, 6) is 0.236. The molecule has 5 nitrogen and oxygen atoms in total. The molecule has 0 spiro atoms. The van der Waals surface area contributed by atoms with Crippen molar-refractivity contribution in [3.63, 3.8) is 0 Å². The number of alkyl halides is 1. The quantitative estimate of drug-likeness (QED) is 0.760. The maximum Gasteiger partial charge on any atom is 0.243 e. The van der Waals surface area contributed by atoms with Gasteiger partial charge in [0.2, 0.25) is 10.0 Å². The Morgan fingerprint density at radius 2 is 1.81 bits per heavy atom. The first-order valence-electron chi connectivity index (χ1n) is 6.34. The van der Waals surface area contributed by atoms with Crippen molar-refractivity contribution in [1.29, 1.82) is 0 Å². The van der Waals surface area contributed by atoms with E-state index in [2.05, 4.69) is 0 Å². The van der Waals surface area contributed by atoms with Crippen LogP contribution in [0.1, 0.15) is 5.56 Å². The van der Waals surface area contributed by atoms with E-state index < -0.39 is 10.0 Å². The van der Waals surface area contributed by atoms with Crippen LogP contribution in [-0.4, -0.2) is 52.2 Å². The third-order valence-electron chi connectivity index (χ3n) is 3.59. The molecule has 0 radical (unpaired) electrons. The van der Waals surface area contributed by atoms with Crippen LogP contribution >= 0.6 is 23.2 Å². The highest BCUT2D eigenvalue weighted by molar-refractivity contribution is 7.89. The second-order valence-electron chi connectivity index (χ2n) is 4.76. The van der Waals surface area contributed by atoms with Gasteiger partial charge >= 0.3 is 0 Å². The SMILES string of the molecule is COC1CN(S(=O)(=O)c2ccc(CCl)c(Cl)c2)CC1OC. The third kappa shape index (κ3) is 3.36. The average Bonchev–Trinajstić information content (AvgIpc) is 2.91. The van der Waals surface area contributed by atoms with E-state index in [1.54, 1.807) is 20.3 Å². The van der Waals surface area contributed by atoms with Gasteiger partial charge < -0.3 is 9.47 Å². The van der Waals surface area contributed by atoms with Crippen LogP contribution in [0.2, 0.25) is 5.02 Å². The summed E-state index contributed by atoms with van der Waals surface area (Å²) in [6.45, 7) is 0.512. The Kier molecular flexibility index (Phi) is 5.51. The van der Waals surface area contributed by atoms with Crippen molar-refractivity contribution in [3.05, 3.63) is 28.8 Å². The zero-order valence-corrected chi connectivity index (χ0v) is 14.1. The Labute approximate surface area is 134 Å². The highest BCUT2D eigenvalue weighted by Gasteiger charge is 2.39. The number of hydrogen-bond donors (Lipinski definition) is 0. The standard InChI is InChI=1S/C13H17Cl2NO4S/c1-19-12-7-16(8-13(12)20-2)21(17,18)10-4-3-9(6-14)11(15)5-10/h3-5,12-13H,6-8H2,1-2H3. The molecule has 1 aliphatic heterocycles. The van der Waals surface area contributed by atoms with Gasteiger partial charge in [0.25, 0.3) is 0 Å². The topological polar surface area (TPSA) is 55.8 Å². The van der Waals surface area contributed by atoms with Gasteiger partial charge in [0.15, 0.2) is 0 Å². The second kappa shape index (κ2) is 6.81. The van der Waals surface area contributed by atoms with Crippen molar-refractivity contribution in [1.82, 2.24) is 4.31 Å². The van der Waals surface area contributed by atoms with Crippen LogP contribution in [0.15, 0.2) is 23.1 Å². The second-order valence-corrected chi connectivity index (χ2v) is 7.37. The van der Waals surface area contributed by atoms with E-state index in [9.17, 15) is 8.42 Å². The zero-order chi connectivity index (χ0) is 15.6. The first-order valence-corrected chi connectivity index (χ1v) is 8.69. The molecule has 0 amide bonds. The molecule has 0 saturated carbocycles. The van der Waals surface area contributed by atoms with Crippen LogP contribution in [-0.2, 0) is 25.4 Å². The highest BCUT2D eigenvalue weighted by atomic mass is 35.5. The van der Waals surface area contributed by atoms with Gasteiger partial charge in [-0.25, -0.2) is 8.42 Å². The van der Waals surface area contributed by atoms with Crippen molar-refractivity contribution in [2.24, 2.45) is 0 Å². The summed E-state index contributed by atoms with van der Waals surface area (Å²) in [4.78, 5) is 0.146. The third-order valence-corrected chi connectivity index (χ3v) is 6.06. The van der Waals surface area contributed by atoms with Gasteiger partial charge in [0.1, 0.15) is 0 Å². The molecule has 0 aromatic heterocycles. The predicted octanol–water partition coefficient (Wildman–Crippen LogP) is 2.11. The van der Waals surface area contributed by atoms with Gasteiger partial charge in [0.05, 0.1) is 17.1 Å². The van der Waals surface area contributed by atoms with Gasteiger partial charge in [0, 0.05) is 38.2 Å². The van der Waals surface area contributed by atoms with E-state index >= 15 is 0 Å². The van der Waals surface area contributed by atoms with E-state index in [0.29, 0.717) is 10.6 Å². The van der Waals surface area contributed by atoms with Crippen molar-refractivity contribution in [2.45, 2.75) is 23.0 Å². The predicted molar refractivity (Wildman–Crippen MR) is 81.4 cm³/mol. The van der Waals surface area contributed by atoms with Crippen LogP contribution in [0, 0.1) is 0 Å². The lowest BCUT2D eigenvalue weighted by Gasteiger charge is -2.16. The lowest BCUT2D eigenvalue weighted by molar-refractivity contribution is -0.00461. The zero-order valence-electron chi connectivity index (χ0n) is 11.8. The number of nitrogens with zero attached hydrogens (tertiary/aromatic N) is 1. The molecule has 2 rings (SSSR count). The average molecular weight is 354 g/mol. The maximum atomic E-state index is 12.6.